The van der Waals surface area contributed by atoms with E-state index in [0.29, 0.717) is 6.54 Å². The summed E-state index contributed by atoms with van der Waals surface area (Å²) in [6, 6.07) is 8.10. The molecule has 1 aliphatic rings. The van der Waals surface area contributed by atoms with Gasteiger partial charge in [0.15, 0.2) is 0 Å². The fourth-order valence-electron chi connectivity index (χ4n) is 1.85. The number of nitrogens with zero attached hydrogens (tertiary/aromatic N) is 1. The molecule has 0 aliphatic carbocycles. The summed E-state index contributed by atoms with van der Waals surface area (Å²) in [5.41, 5.74) is 2.21. The minimum atomic E-state index is 0.165. The van der Waals surface area contributed by atoms with Crippen molar-refractivity contribution >= 4 is 11.6 Å². The number of amides is 1. The molecule has 0 atom stereocenters. The van der Waals surface area contributed by atoms with Gasteiger partial charge in [-0.25, -0.2) is 0 Å². The van der Waals surface area contributed by atoms with Crippen LogP contribution in [0.1, 0.15) is 12.0 Å². The van der Waals surface area contributed by atoms with Crippen LogP contribution in [0.4, 0.5) is 5.69 Å². The minimum Gasteiger partial charge on any atom is -0.311 e. The van der Waals surface area contributed by atoms with Gasteiger partial charge in [0, 0.05) is 12.2 Å². The maximum Gasteiger partial charge on any atom is 0.240 e. The van der Waals surface area contributed by atoms with Crippen molar-refractivity contribution in [2.24, 2.45) is 0 Å². The first-order valence-corrected chi connectivity index (χ1v) is 5.35. The van der Waals surface area contributed by atoms with Gasteiger partial charge in [-0.2, -0.15) is 0 Å². The molecule has 3 nitrogen and oxygen atoms in total. The van der Waals surface area contributed by atoms with E-state index in [-0.39, 0.29) is 5.91 Å². The van der Waals surface area contributed by atoms with Crippen LogP contribution in [0.25, 0.3) is 0 Å². The Morgan fingerprint density at radius 3 is 3.07 bits per heavy atom. The normalized spacial score (nSPS) is 17.7. The molecule has 0 radical (unpaired) electrons. The highest BCUT2D eigenvalue weighted by molar-refractivity contribution is 5.95. The highest BCUT2D eigenvalue weighted by Gasteiger charge is 2.17. The first kappa shape index (κ1) is 10.2. The van der Waals surface area contributed by atoms with Crippen LogP contribution in [-0.2, 0) is 4.79 Å². The van der Waals surface area contributed by atoms with Gasteiger partial charge < -0.3 is 10.2 Å². The molecule has 0 unspecified atom stereocenters. The van der Waals surface area contributed by atoms with E-state index in [4.69, 9.17) is 0 Å². The van der Waals surface area contributed by atoms with E-state index in [1.807, 2.05) is 30.0 Å². The molecule has 1 saturated heterocycles. The van der Waals surface area contributed by atoms with Gasteiger partial charge in [-0.1, -0.05) is 12.1 Å². The molecule has 1 amide bonds. The highest BCUT2D eigenvalue weighted by Crippen LogP contribution is 2.17. The zero-order chi connectivity index (χ0) is 10.7. The van der Waals surface area contributed by atoms with Crippen molar-refractivity contribution in [3.05, 3.63) is 29.8 Å². The number of carbonyl (C=O) groups excluding carboxylic acids is 1. The second-order valence-corrected chi connectivity index (χ2v) is 3.91. The molecule has 0 saturated carbocycles. The molecule has 1 N–H and O–H groups in total. The topological polar surface area (TPSA) is 32.3 Å². The van der Waals surface area contributed by atoms with Crippen molar-refractivity contribution in [3.8, 4) is 0 Å². The molecule has 15 heavy (non-hydrogen) atoms. The van der Waals surface area contributed by atoms with E-state index in [2.05, 4.69) is 11.4 Å². The molecule has 1 fully saturated rings. The van der Waals surface area contributed by atoms with Crippen molar-refractivity contribution in [2.75, 3.05) is 24.5 Å². The van der Waals surface area contributed by atoms with Gasteiger partial charge in [0.1, 0.15) is 0 Å². The number of anilines is 1. The van der Waals surface area contributed by atoms with E-state index in [1.54, 1.807) is 0 Å². The lowest BCUT2D eigenvalue weighted by Gasteiger charge is -2.20. The number of hydrogen-bond acceptors (Lipinski definition) is 2. The summed E-state index contributed by atoms with van der Waals surface area (Å²) in [5, 5.41) is 3.12. The molecular formula is C12H16N2O. The quantitative estimate of drug-likeness (QED) is 0.748. The number of carbonyl (C=O) groups is 1. The number of benzene rings is 1. The first-order chi connectivity index (χ1) is 7.27. The lowest BCUT2D eigenvalue weighted by atomic mass is 10.2. The first-order valence-electron chi connectivity index (χ1n) is 5.35. The Morgan fingerprint density at radius 1 is 1.40 bits per heavy atom. The number of nitrogens with one attached hydrogen (secondary N) is 1. The molecule has 0 bridgehead atoms. The van der Waals surface area contributed by atoms with Crippen LogP contribution in [-0.4, -0.2) is 25.5 Å². The zero-order valence-corrected chi connectivity index (χ0v) is 8.99. The average molecular weight is 204 g/mol. The summed E-state index contributed by atoms with van der Waals surface area (Å²) in [6.07, 6.45) is 1.01. The number of hydrogen-bond donors (Lipinski definition) is 1. The molecular weight excluding hydrogens is 188 g/mol. The minimum absolute atomic E-state index is 0.165. The van der Waals surface area contributed by atoms with Gasteiger partial charge in [0.2, 0.25) is 5.91 Å². The maximum atomic E-state index is 11.8. The fourth-order valence-corrected chi connectivity index (χ4v) is 1.85. The van der Waals surface area contributed by atoms with Crippen LogP contribution in [0.15, 0.2) is 24.3 Å². The summed E-state index contributed by atoms with van der Waals surface area (Å²) < 4.78 is 0. The largest absolute Gasteiger partial charge is 0.311 e. The standard InChI is InChI=1S/C12H16N2O/c1-10-4-2-5-11(8-10)14-7-3-6-13-9-12(14)15/h2,4-5,8,13H,3,6-7,9H2,1H3. The molecule has 2 rings (SSSR count). The SMILES string of the molecule is Cc1cccc(N2CCCNCC2=O)c1. The highest BCUT2D eigenvalue weighted by atomic mass is 16.2. The Kier molecular flexibility index (Phi) is 3.02. The molecule has 0 spiro atoms. The smallest absolute Gasteiger partial charge is 0.240 e. The van der Waals surface area contributed by atoms with E-state index in [1.165, 1.54) is 5.56 Å². The van der Waals surface area contributed by atoms with E-state index in [9.17, 15) is 4.79 Å². The monoisotopic (exact) mass is 204 g/mol. The van der Waals surface area contributed by atoms with Crippen molar-refractivity contribution in [1.82, 2.24) is 5.32 Å². The molecule has 1 aromatic carbocycles. The maximum absolute atomic E-state index is 11.8. The number of rotatable bonds is 1. The second-order valence-electron chi connectivity index (χ2n) is 3.91. The van der Waals surface area contributed by atoms with Crippen molar-refractivity contribution in [3.63, 3.8) is 0 Å². The Labute approximate surface area is 90.1 Å². The predicted molar refractivity (Wildman–Crippen MR) is 61.0 cm³/mol. The summed E-state index contributed by atoms with van der Waals surface area (Å²) in [6.45, 7) is 4.24. The third-order valence-corrected chi connectivity index (χ3v) is 2.63. The summed E-state index contributed by atoms with van der Waals surface area (Å²) >= 11 is 0. The van der Waals surface area contributed by atoms with Gasteiger partial charge in [0.05, 0.1) is 6.54 Å². The van der Waals surface area contributed by atoms with Gasteiger partial charge in [-0.15, -0.1) is 0 Å². The van der Waals surface area contributed by atoms with E-state index < -0.39 is 0 Å². The van der Waals surface area contributed by atoms with Crippen LogP contribution in [0.2, 0.25) is 0 Å². The third-order valence-electron chi connectivity index (χ3n) is 2.63. The van der Waals surface area contributed by atoms with Crippen LogP contribution in [0.3, 0.4) is 0 Å². The van der Waals surface area contributed by atoms with Crippen molar-refractivity contribution < 1.29 is 4.79 Å². The average Bonchev–Trinajstić information content (AvgIpc) is 2.43. The zero-order valence-electron chi connectivity index (χ0n) is 8.99. The molecule has 1 heterocycles. The molecule has 80 valence electrons. The molecule has 1 aromatic rings. The summed E-state index contributed by atoms with van der Waals surface area (Å²) in [5.74, 6) is 0.165. The van der Waals surface area contributed by atoms with E-state index in [0.717, 1.165) is 25.2 Å². The lowest BCUT2D eigenvalue weighted by Crippen LogP contribution is -2.34. The number of aryl methyl sites for hydroxylation is 1. The summed E-state index contributed by atoms with van der Waals surface area (Å²) in [7, 11) is 0. The van der Waals surface area contributed by atoms with Crippen LogP contribution in [0, 0.1) is 6.92 Å². The Balaban J connectivity index is 2.24. The van der Waals surface area contributed by atoms with Gasteiger partial charge in [0.25, 0.3) is 0 Å². The Hall–Kier alpha value is -1.35. The van der Waals surface area contributed by atoms with Crippen LogP contribution >= 0.6 is 0 Å². The lowest BCUT2D eigenvalue weighted by molar-refractivity contribution is -0.117. The van der Waals surface area contributed by atoms with Gasteiger partial charge in [-0.05, 0) is 37.6 Å². The third kappa shape index (κ3) is 2.36. The predicted octanol–water partition coefficient (Wildman–Crippen LogP) is 1.32. The Morgan fingerprint density at radius 2 is 2.27 bits per heavy atom. The van der Waals surface area contributed by atoms with Gasteiger partial charge >= 0.3 is 0 Å². The summed E-state index contributed by atoms with van der Waals surface area (Å²) in [4.78, 5) is 13.7. The second kappa shape index (κ2) is 4.45. The molecule has 0 aromatic heterocycles. The molecule has 3 heteroatoms. The van der Waals surface area contributed by atoms with Crippen molar-refractivity contribution in [1.29, 1.82) is 0 Å². The molecule has 1 aliphatic heterocycles. The van der Waals surface area contributed by atoms with Crippen LogP contribution in [0.5, 0.6) is 0 Å². The van der Waals surface area contributed by atoms with Crippen LogP contribution < -0.4 is 10.2 Å². The van der Waals surface area contributed by atoms with Gasteiger partial charge in [-0.3, -0.25) is 4.79 Å². The Bertz CT molecular complexity index is 362. The van der Waals surface area contributed by atoms with Crippen molar-refractivity contribution in [2.45, 2.75) is 13.3 Å². The fraction of sp³-hybridized carbons (Fsp3) is 0.417. The van der Waals surface area contributed by atoms with E-state index >= 15 is 0 Å².